The minimum absolute atomic E-state index is 0.0396. The van der Waals surface area contributed by atoms with E-state index in [1.165, 1.54) is 16.9 Å². The van der Waals surface area contributed by atoms with E-state index >= 15 is 0 Å². The quantitative estimate of drug-likeness (QED) is 0.942. The van der Waals surface area contributed by atoms with Crippen LogP contribution in [-0.2, 0) is 6.54 Å². The molecular weight excluding hydrogens is 294 g/mol. The van der Waals surface area contributed by atoms with Crippen LogP contribution < -0.4 is 4.87 Å². The first-order chi connectivity index (χ1) is 10.7. The molecule has 0 radical (unpaired) electrons. The molecule has 0 unspecified atom stereocenters. The first kappa shape index (κ1) is 15.5. The number of H-pyrrole nitrogens is 1. The first-order valence-electron chi connectivity index (χ1n) is 7.89. The Hall–Kier alpha value is -1.43. The summed E-state index contributed by atoms with van der Waals surface area (Å²) >= 11 is 1.35. The standard InChI is InChI=1S/C17H23N3OS/c1-3-19-8-10-20(11-9-19)12-15-16(18-17(21)22-15)14-6-4-13(2)5-7-14/h4-7H,3,8-12H2,1-2H3,(H,18,21). The lowest BCUT2D eigenvalue weighted by Crippen LogP contribution is -2.45. The molecule has 2 aromatic rings. The van der Waals surface area contributed by atoms with Crippen molar-refractivity contribution < 1.29 is 0 Å². The summed E-state index contributed by atoms with van der Waals surface area (Å²) in [5.74, 6) is 0. The number of aryl methyl sites for hydroxylation is 1. The molecule has 3 rings (SSSR count). The Bertz CT molecular complexity index is 666. The fourth-order valence-electron chi connectivity index (χ4n) is 2.89. The summed E-state index contributed by atoms with van der Waals surface area (Å²) in [5, 5.41) is 0. The van der Waals surface area contributed by atoms with Gasteiger partial charge in [-0.25, -0.2) is 0 Å². The molecule has 2 heterocycles. The number of aromatic nitrogens is 1. The van der Waals surface area contributed by atoms with Crippen LogP contribution in [0.2, 0.25) is 0 Å². The first-order valence-corrected chi connectivity index (χ1v) is 8.71. The van der Waals surface area contributed by atoms with E-state index in [9.17, 15) is 4.79 Å². The number of hydrogen-bond donors (Lipinski definition) is 1. The van der Waals surface area contributed by atoms with Crippen molar-refractivity contribution >= 4 is 11.3 Å². The Kier molecular flexibility index (Phi) is 4.76. The predicted octanol–water partition coefficient (Wildman–Crippen LogP) is 2.55. The molecule has 0 aliphatic carbocycles. The van der Waals surface area contributed by atoms with E-state index in [0.717, 1.165) is 55.4 Å². The number of nitrogens with zero attached hydrogens (tertiary/aromatic N) is 2. The normalized spacial score (nSPS) is 17.0. The molecule has 1 N–H and O–H groups in total. The van der Waals surface area contributed by atoms with Gasteiger partial charge < -0.3 is 9.88 Å². The molecular formula is C17H23N3OS. The average Bonchev–Trinajstić information content (AvgIpc) is 2.89. The van der Waals surface area contributed by atoms with Crippen LogP contribution in [0.25, 0.3) is 11.3 Å². The van der Waals surface area contributed by atoms with Crippen molar-refractivity contribution in [3.05, 3.63) is 44.4 Å². The van der Waals surface area contributed by atoms with Gasteiger partial charge in [-0.05, 0) is 19.0 Å². The lowest BCUT2D eigenvalue weighted by atomic mass is 10.1. The summed E-state index contributed by atoms with van der Waals surface area (Å²) in [6.07, 6.45) is 0. The van der Waals surface area contributed by atoms with Gasteiger partial charge in [0.1, 0.15) is 0 Å². The zero-order chi connectivity index (χ0) is 15.5. The van der Waals surface area contributed by atoms with Gasteiger partial charge in [0.15, 0.2) is 0 Å². The molecule has 1 aromatic carbocycles. The molecule has 1 saturated heterocycles. The van der Waals surface area contributed by atoms with Gasteiger partial charge in [-0.15, -0.1) is 0 Å². The zero-order valence-electron chi connectivity index (χ0n) is 13.3. The third-order valence-electron chi connectivity index (χ3n) is 4.34. The van der Waals surface area contributed by atoms with E-state index in [1.54, 1.807) is 0 Å². The van der Waals surface area contributed by atoms with Gasteiger partial charge in [0.2, 0.25) is 0 Å². The van der Waals surface area contributed by atoms with E-state index in [4.69, 9.17) is 0 Å². The zero-order valence-corrected chi connectivity index (χ0v) is 14.1. The van der Waals surface area contributed by atoms with Crippen molar-refractivity contribution in [2.75, 3.05) is 32.7 Å². The molecule has 0 amide bonds. The maximum atomic E-state index is 11.8. The molecule has 4 nitrogen and oxygen atoms in total. The summed E-state index contributed by atoms with van der Waals surface area (Å²) in [4.78, 5) is 21.0. The Labute approximate surface area is 135 Å². The summed E-state index contributed by atoms with van der Waals surface area (Å²) in [7, 11) is 0. The van der Waals surface area contributed by atoms with Crippen LogP contribution in [-0.4, -0.2) is 47.5 Å². The number of rotatable bonds is 4. The van der Waals surface area contributed by atoms with E-state index in [1.807, 2.05) is 0 Å². The highest BCUT2D eigenvalue weighted by Gasteiger charge is 2.18. The lowest BCUT2D eigenvalue weighted by Gasteiger charge is -2.33. The predicted molar refractivity (Wildman–Crippen MR) is 92.5 cm³/mol. The van der Waals surface area contributed by atoms with Crippen LogP contribution in [0.4, 0.5) is 0 Å². The Morgan fingerprint density at radius 3 is 2.36 bits per heavy atom. The molecule has 118 valence electrons. The van der Waals surface area contributed by atoms with E-state index in [0.29, 0.717) is 0 Å². The number of benzene rings is 1. The van der Waals surface area contributed by atoms with E-state index in [2.05, 4.69) is 52.9 Å². The molecule has 0 atom stereocenters. The van der Waals surface area contributed by atoms with Crippen LogP contribution in [0, 0.1) is 6.92 Å². The average molecular weight is 317 g/mol. The number of aromatic amines is 1. The summed E-state index contributed by atoms with van der Waals surface area (Å²) in [5.41, 5.74) is 3.33. The smallest absolute Gasteiger partial charge is 0.305 e. The minimum atomic E-state index is 0.0396. The van der Waals surface area contributed by atoms with Crippen molar-refractivity contribution in [1.29, 1.82) is 0 Å². The number of likely N-dealkylation sites (N-methyl/N-ethyl adjacent to an activating group) is 1. The van der Waals surface area contributed by atoms with Crippen LogP contribution in [0.5, 0.6) is 0 Å². The van der Waals surface area contributed by atoms with E-state index < -0.39 is 0 Å². The lowest BCUT2D eigenvalue weighted by molar-refractivity contribution is 0.133. The second-order valence-electron chi connectivity index (χ2n) is 5.89. The molecule has 5 heteroatoms. The topological polar surface area (TPSA) is 39.3 Å². The largest absolute Gasteiger partial charge is 0.312 e. The Morgan fingerprint density at radius 2 is 1.73 bits per heavy atom. The van der Waals surface area contributed by atoms with Gasteiger partial charge in [-0.2, -0.15) is 0 Å². The molecule has 1 aromatic heterocycles. The highest BCUT2D eigenvalue weighted by molar-refractivity contribution is 7.09. The monoisotopic (exact) mass is 317 g/mol. The molecule has 0 spiro atoms. The third-order valence-corrected chi connectivity index (χ3v) is 5.21. The van der Waals surface area contributed by atoms with Gasteiger partial charge in [-0.3, -0.25) is 9.69 Å². The van der Waals surface area contributed by atoms with Gasteiger partial charge in [-0.1, -0.05) is 48.1 Å². The van der Waals surface area contributed by atoms with E-state index in [-0.39, 0.29) is 4.87 Å². The van der Waals surface area contributed by atoms with Crippen molar-refractivity contribution in [2.45, 2.75) is 20.4 Å². The highest BCUT2D eigenvalue weighted by Crippen LogP contribution is 2.25. The van der Waals surface area contributed by atoms with Crippen LogP contribution in [0.1, 0.15) is 17.4 Å². The SMILES string of the molecule is CCN1CCN(Cc2sc(=O)[nH]c2-c2ccc(C)cc2)CC1. The molecule has 1 aliphatic heterocycles. The third kappa shape index (κ3) is 3.48. The molecule has 22 heavy (non-hydrogen) atoms. The Morgan fingerprint density at radius 1 is 1.09 bits per heavy atom. The van der Waals surface area contributed by atoms with Crippen molar-refractivity contribution in [3.8, 4) is 11.3 Å². The molecule has 0 saturated carbocycles. The van der Waals surface area contributed by atoms with Gasteiger partial charge in [0.05, 0.1) is 5.69 Å². The summed E-state index contributed by atoms with van der Waals surface area (Å²) in [6.45, 7) is 10.7. The maximum Gasteiger partial charge on any atom is 0.305 e. The molecule has 0 bridgehead atoms. The van der Waals surface area contributed by atoms with Gasteiger partial charge in [0, 0.05) is 37.6 Å². The number of hydrogen-bond acceptors (Lipinski definition) is 4. The summed E-state index contributed by atoms with van der Waals surface area (Å²) in [6, 6.07) is 8.36. The van der Waals surface area contributed by atoms with Gasteiger partial charge in [0.25, 0.3) is 0 Å². The number of piperazine rings is 1. The fraction of sp³-hybridized carbons (Fsp3) is 0.471. The molecule has 1 aliphatic rings. The summed E-state index contributed by atoms with van der Waals surface area (Å²) < 4.78 is 0. The highest BCUT2D eigenvalue weighted by atomic mass is 32.1. The fourth-order valence-corrected chi connectivity index (χ4v) is 3.79. The van der Waals surface area contributed by atoms with Gasteiger partial charge >= 0.3 is 4.87 Å². The molecule has 1 fully saturated rings. The number of thiazole rings is 1. The Balaban J connectivity index is 1.77. The second kappa shape index (κ2) is 6.77. The van der Waals surface area contributed by atoms with Crippen molar-refractivity contribution in [1.82, 2.24) is 14.8 Å². The maximum absolute atomic E-state index is 11.8. The van der Waals surface area contributed by atoms with Crippen molar-refractivity contribution in [3.63, 3.8) is 0 Å². The van der Waals surface area contributed by atoms with Crippen LogP contribution in [0.15, 0.2) is 29.1 Å². The van der Waals surface area contributed by atoms with Crippen molar-refractivity contribution in [2.24, 2.45) is 0 Å². The van der Waals surface area contributed by atoms with Crippen LogP contribution >= 0.6 is 11.3 Å². The van der Waals surface area contributed by atoms with Crippen LogP contribution in [0.3, 0.4) is 0 Å². The minimum Gasteiger partial charge on any atom is -0.312 e. The second-order valence-corrected chi connectivity index (χ2v) is 6.96. The number of nitrogens with one attached hydrogen (secondary N) is 1.